The standard InChI is InChI=1S/C26H22F6N2O4/c27-25(28,29)19-13-18(14-20(15-19)26(30,31)32)23(35)34-38-22(24(36)33-21-9-5-2-6-10-21)11-12-37-16-17-7-3-1-4-8-17/h1-10,13-15,22H,11-12,16H2,(H,33,36)(H,34,35)/t22-/m1/s1. The first-order valence-electron chi connectivity index (χ1n) is 11.2. The van der Waals surface area contributed by atoms with Gasteiger partial charge in [0, 0.05) is 17.7 Å². The van der Waals surface area contributed by atoms with Gasteiger partial charge in [0.05, 0.1) is 24.3 Å². The van der Waals surface area contributed by atoms with Crippen molar-refractivity contribution in [2.24, 2.45) is 0 Å². The van der Waals surface area contributed by atoms with Crippen LogP contribution in [0.5, 0.6) is 0 Å². The van der Waals surface area contributed by atoms with Gasteiger partial charge in [-0.15, -0.1) is 0 Å². The van der Waals surface area contributed by atoms with Crippen LogP contribution in [-0.2, 0) is 33.3 Å². The molecule has 3 aromatic rings. The van der Waals surface area contributed by atoms with Gasteiger partial charge in [-0.3, -0.25) is 14.4 Å². The number of amides is 2. The normalized spacial score (nSPS) is 12.6. The van der Waals surface area contributed by atoms with Crippen LogP contribution >= 0.6 is 0 Å². The second-order valence-corrected chi connectivity index (χ2v) is 8.01. The number of rotatable bonds is 10. The minimum absolute atomic E-state index is 0.0145. The number of halogens is 6. The molecule has 6 nitrogen and oxygen atoms in total. The number of alkyl halides is 6. The minimum Gasteiger partial charge on any atom is -0.377 e. The number of ether oxygens (including phenoxy) is 1. The van der Waals surface area contributed by atoms with Gasteiger partial charge in [0.15, 0.2) is 6.10 Å². The van der Waals surface area contributed by atoms with Crippen LogP contribution in [0.15, 0.2) is 78.9 Å². The Morgan fingerprint density at radius 2 is 1.34 bits per heavy atom. The minimum atomic E-state index is -5.13. The zero-order valence-corrected chi connectivity index (χ0v) is 19.6. The molecule has 0 aromatic heterocycles. The number of hydroxylamine groups is 1. The van der Waals surface area contributed by atoms with Gasteiger partial charge in [-0.25, -0.2) is 5.48 Å². The molecule has 0 fully saturated rings. The summed E-state index contributed by atoms with van der Waals surface area (Å²) in [6.45, 7) is 0.199. The fourth-order valence-electron chi connectivity index (χ4n) is 3.21. The van der Waals surface area contributed by atoms with Crippen molar-refractivity contribution < 1.29 is 45.5 Å². The fraction of sp³-hybridized carbons (Fsp3) is 0.231. The Balaban J connectivity index is 1.71. The van der Waals surface area contributed by atoms with Crippen LogP contribution in [0.1, 0.15) is 33.5 Å². The molecule has 0 saturated heterocycles. The molecule has 38 heavy (non-hydrogen) atoms. The molecule has 12 heteroatoms. The van der Waals surface area contributed by atoms with Gasteiger partial charge in [0.2, 0.25) is 0 Å². The topological polar surface area (TPSA) is 76.7 Å². The van der Waals surface area contributed by atoms with Crippen molar-refractivity contribution in [2.45, 2.75) is 31.5 Å². The molecule has 1 atom stereocenters. The van der Waals surface area contributed by atoms with E-state index in [-0.39, 0.29) is 37.8 Å². The molecule has 3 rings (SSSR count). The highest BCUT2D eigenvalue weighted by Crippen LogP contribution is 2.36. The van der Waals surface area contributed by atoms with E-state index >= 15 is 0 Å². The predicted octanol–water partition coefficient (Wildman–Crippen LogP) is 6.00. The predicted molar refractivity (Wildman–Crippen MR) is 125 cm³/mol. The van der Waals surface area contributed by atoms with E-state index in [0.717, 1.165) is 5.56 Å². The van der Waals surface area contributed by atoms with Gasteiger partial charge in [-0.2, -0.15) is 26.3 Å². The summed E-state index contributed by atoms with van der Waals surface area (Å²) < 4.78 is 84.3. The summed E-state index contributed by atoms with van der Waals surface area (Å²) in [5, 5.41) is 2.55. The second-order valence-electron chi connectivity index (χ2n) is 8.01. The molecule has 0 spiro atoms. The summed E-state index contributed by atoms with van der Waals surface area (Å²) in [5.74, 6) is -2.12. The van der Waals surface area contributed by atoms with E-state index in [1.165, 1.54) is 0 Å². The number of anilines is 1. The van der Waals surface area contributed by atoms with E-state index in [9.17, 15) is 35.9 Å². The van der Waals surface area contributed by atoms with E-state index in [2.05, 4.69) is 5.32 Å². The molecule has 0 saturated carbocycles. The molecule has 0 aliphatic rings. The monoisotopic (exact) mass is 540 g/mol. The van der Waals surface area contributed by atoms with Crippen molar-refractivity contribution in [1.82, 2.24) is 5.48 Å². The molecule has 0 aliphatic carbocycles. The average molecular weight is 540 g/mol. The Kier molecular flexibility index (Phi) is 9.48. The number of carbonyl (C=O) groups is 2. The van der Waals surface area contributed by atoms with Gasteiger partial charge >= 0.3 is 12.4 Å². The highest BCUT2D eigenvalue weighted by Gasteiger charge is 2.37. The zero-order chi connectivity index (χ0) is 27.8. The van der Waals surface area contributed by atoms with Crippen molar-refractivity contribution in [3.05, 3.63) is 101 Å². The number of para-hydroxylation sites is 1. The van der Waals surface area contributed by atoms with Gasteiger partial charge < -0.3 is 10.1 Å². The Morgan fingerprint density at radius 3 is 1.89 bits per heavy atom. The van der Waals surface area contributed by atoms with E-state index in [0.29, 0.717) is 5.69 Å². The SMILES string of the molecule is O=C(NO[C@H](CCOCc1ccccc1)C(=O)Nc1ccccc1)c1cc(C(F)(F)F)cc(C(F)(F)F)c1. The van der Waals surface area contributed by atoms with Crippen LogP contribution < -0.4 is 10.8 Å². The zero-order valence-electron chi connectivity index (χ0n) is 19.6. The Labute approximate surface area is 213 Å². The van der Waals surface area contributed by atoms with E-state index < -0.39 is 47.0 Å². The quantitative estimate of drug-likeness (QED) is 0.188. The Bertz CT molecular complexity index is 1190. The third kappa shape index (κ3) is 8.60. The maximum Gasteiger partial charge on any atom is 0.416 e. The maximum absolute atomic E-state index is 13.1. The third-order valence-corrected chi connectivity index (χ3v) is 5.11. The van der Waals surface area contributed by atoms with Crippen LogP contribution in [0.3, 0.4) is 0 Å². The van der Waals surface area contributed by atoms with Crippen LogP contribution in [0.4, 0.5) is 32.0 Å². The molecule has 2 amide bonds. The van der Waals surface area contributed by atoms with E-state index in [1.807, 2.05) is 30.3 Å². The number of hydrogen-bond donors (Lipinski definition) is 2. The lowest BCUT2D eigenvalue weighted by atomic mass is 10.0. The first kappa shape index (κ1) is 28.7. The van der Waals surface area contributed by atoms with Gasteiger partial charge in [-0.1, -0.05) is 48.5 Å². The molecule has 0 unspecified atom stereocenters. The first-order valence-corrected chi connectivity index (χ1v) is 11.2. The number of benzene rings is 3. The summed E-state index contributed by atoms with van der Waals surface area (Å²) in [5.41, 5.74) is -1.22. The first-order chi connectivity index (χ1) is 17.9. The van der Waals surface area contributed by atoms with Crippen LogP contribution in [-0.4, -0.2) is 24.5 Å². The molecule has 0 aliphatic heterocycles. The van der Waals surface area contributed by atoms with E-state index in [1.54, 1.807) is 35.8 Å². The number of nitrogens with one attached hydrogen (secondary N) is 2. The lowest BCUT2D eigenvalue weighted by Gasteiger charge is -2.18. The summed E-state index contributed by atoms with van der Waals surface area (Å²) in [7, 11) is 0. The molecule has 202 valence electrons. The average Bonchev–Trinajstić information content (AvgIpc) is 2.88. The highest BCUT2D eigenvalue weighted by molar-refractivity contribution is 5.95. The van der Waals surface area contributed by atoms with Crippen molar-refractivity contribution in [1.29, 1.82) is 0 Å². The largest absolute Gasteiger partial charge is 0.416 e. The molecule has 0 heterocycles. The summed E-state index contributed by atoms with van der Waals surface area (Å²) in [6, 6.07) is 17.7. The van der Waals surface area contributed by atoms with Gasteiger partial charge in [-0.05, 0) is 35.9 Å². The Morgan fingerprint density at radius 1 is 0.789 bits per heavy atom. The lowest BCUT2D eigenvalue weighted by Crippen LogP contribution is -2.38. The number of carbonyl (C=O) groups excluding carboxylic acids is 2. The maximum atomic E-state index is 13.1. The van der Waals surface area contributed by atoms with Gasteiger partial charge in [0.1, 0.15) is 0 Å². The Hall–Kier alpha value is -3.90. The molecular formula is C26H22F6N2O4. The molecule has 3 aromatic carbocycles. The van der Waals surface area contributed by atoms with Crippen LogP contribution in [0.2, 0.25) is 0 Å². The summed E-state index contributed by atoms with van der Waals surface area (Å²) in [6.07, 6.45) is -11.7. The van der Waals surface area contributed by atoms with Crippen molar-refractivity contribution in [3.8, 4) is 0 Å². The van der Waals surface area contributed by atoms with Crippen LogP contribution in [0.25, 0.3) is 0 Å². The second kappa shape index (κ2) is 12.6. The highest BCUT2D eigenvalue weighted by atomic mass is 19.4. The molecule has 0 radical (unpaired) electrons. The van der Waals surface area contributed by atoms with Crippen molar-refractivity contribution in [2.75, 3.05) is 11.9 Å². The lowest BCUT2D eigenvalue weighted by molar-refractivity contribution is -0.143. The van der Waals surface area contributed by atoms with Crippen molar-refractivity contribution >= 4 is 17.5 Å². The third-order valence-electron chi connectivity index (χ3n) is 5.11. The number of hydrogen-bond acceptors (Lipinski definition) is 4. The summed E-state index contributed by atoms with van der Waals surface area (Å²) >= 11 is 0. The van der Waals surface area contributed by atoms with E-state index in [4.69, 9.17) is 9.57 Å². The van der Waals surface area contributed by atoms with Gasteiger partial charge in [0.25, 0.3) is 11.8 Å². The van der Waals surface area contributed by atoms with Crippen LogP contribution in [0, 0.1) is 0 Å². The van der Waals surface area contributed by atoms with Crippen molar-refractivity contribution in [3.63, 3.8) is 0 Å². The fourth-order valence-corrected chi connectivity index (χ4v) is 3.21. The summed E-state index contributed by atoms with van der Waals surface area (Å²) in [4.78, 5) is 30.4. The molecular weight excluding hydrogens is 518 g/mol. The smallest absolute Gasteiger partial charge is 0.377 e. The molecule has 0 bridgehead atoms. The molecule has 2 N–H and O–H groups in total.